The van der Waals surface area contributed by atoms with Gasteiger partial charge in [0.2, 0.25) is 0 Å². The third-order valence-electron chi connectivity index (χ3n) is 6.01. The summed E-state index contributed by atoms with van der Waals surface area (Å²) in [6, 6.07) is 11.6. The van der Waals surface area contributed by atoms with Gasteiger partial charge in [-0.15, -0.1) is 11.3 Å². The van der Waals surface area contributed by atoms with Gasteiger partial charge in [0.25, 0.3) is 5.91 Å². The van der Waals surface area contributed by atoms with E-state index in [4.69, 9.17) is 0 Å². The normalized spacial score (nSPS) is 19.9. The molecular formula is C22H27N3OS. The summed E-state index contributed by atoms with van der Waals surface area (Å²) >= 11 is 1.68. The van der Waals surface area contributed by atoms with Crippen LogP contribution < -0.4 is 10.2 Å². The molecule has 0 bridgehead atoms. The Morgan fingerprint density at radius 2 is 1.85 bits per heavy atom. The summed E-state index contributed by atoms with van der Waals surface area (Å²) in [4.78, 5) is 19.8. The number of benzene rings is 1. The van der Waals surface area contributed by atoms with Crippen molar-refractivity contribution in [3.05, 3.63) is 51.2 Å². The quantitative estimate of drug-likeness (QED) is 0.845. The fourth-order valence-electron chi connectivity index (χ4n) is 4.25. The van der Waals surface area contributed by atoms with Gasteiger partial charge in [-0.3, -0.25) is 9.69 Å². The number of hydrogen-bond donors (Lipinski definition) is 1. The summed E-state index contributed by atoms with van der Waals surface area (Å²) in [6.07, 6.45) is 6.63. The number of piperidine rings is 1. The van der Waals surface area contributed by atoms with Crippen LogP contribution in [0, 0.1) is 0 Å². The van der Waals surface area contributed by atoms with Gasteiger partial charge in [0.05, 0.1) is 4.88 Å². The van der Waals surface area contributed by atoms with E-state index in [1.54, 1.807) is 11.3 Å². The van der Waals surface area contributed by atoms with Gasteiger partial charge in [-0.05, 0) is 61.4 Å². The zero-order valence-corrected chi connectivity index (χ0v) is 16.6. The van der Waals surface area contributed by atoms with Crippen molar-refractivity contribution in [2.45, 2.75) is 57.8 Å². The number of thiophene rings is 1. The Hall–Kier alpha value is -1.85. The molecule has 2 fully saturated rings. The molecule has 5 heteroatoms. The summed E-state index contributed by atoms with van der Waals surface area (Å²) in [7, 11) is 0. The maximum Gasteiger partial charge on any atom is 0.261 e. The molecule has 3 heterocycles. The van der Waals surface area contributed by atoms with Crippen molar-refractivity contribution >= 4 is 22.9 Å². The predicted octanol–water partition coefficient (Wildman–Crippen LogP) is 4.15. The van der Waals surface area contributed by atoms with Crippen molar-refractivity contribution in [3.63, 3.8) is 0 Å². The van der Waals surface area contributed by atoms with Gasteiger partial charge in [-0.1, -0.05) is 12.1 Å². The molecule has 5 rings (SSSR count). The van der Waals surface area contributed by atoms with E-state index in [1.165, 1.54) is 48.2 Å². The molecule has 1 amide bonds. The van der Waals surface area contributed by atoms with E-state index >= 15 is 0 Å². The monoisotopic (exact) mass is 381 g/mol. The lowest BCUT2D eigenvalue weighted by molar-refractivity contribution is 0.0955. The molecule has 1 N–H and O–H groups in total. The molecule has 0 atom stereocenters. The largest absolute Gasteiger partial charge is 0.372 e. The van der Waals surface area contributed by atoms with E-state index in [0.29, 0.717) is 6.54 Å². The zero-order chi connectivity index (χ0) is 18.2. The summed E-state index contributed by atoms with van der Waals surface area (Å²) in [5.74, 6) is 0.0625. The third-order valence-corrected chi connectivity index (χ3v) is 7.18. The van der Waals surface area contributed by atoms with E-state index in [2.05, 4.69) is 45.4 Å². The van der Waals surface area contributed by atoms with Crippen LogP contribution in [0.3, 0.4) is 0 Å². The van der Waals surface area contributed by atoms with E-state index < -0.39 is 0 Å². The average Bonchev–Trinajstić information content (AvgIpc) is 3.37. The number of amides is 1. The van der Waals surface area contributed by atoms with Crippen molar-refractivity contribution in [2.24, 2.45) is 0 Å². The molecule has 1 aliphatic carbocycles. The van der Waals surface area contributed by atoms with Gasteiger partial charge in [-0.2, -0.15) is 0 Å². The average molecular weight is 382 g/mol. The highest BCUT2D eigenvalue weighted by Gasteiger charge is 2.34. The molecule has 27 heavy (non-hydrogen) atoms. The molecule has 0 unspecified atom stereocenters. The fraction of sp³-hybridized carbons (Fsp3) is 0.500. The first-order chi connectivity index (χ1) is 13.3. The number of hydrogen-bond acceptors (Lipinski definition) is 4. The minimum Gasteiger partial charge on any atom is -0.372 e. The molecule has 4 nitrogen and oxygen atoms in total. The smallest absolute Gasteiger partial charge is 0.261 e. The lowest BCUT2D eigenvalue weighted by atomic mass is 10.1. The van der Waals surface area contributed by atoms with E-state index in [1.807, 2.05) is 0 Å². The summed E-state index contributed by atoms with van der Waals surface area (Å²) in [5, 5.41) is 3.09. The van der Waals surface area contributed by atoms with Crippen LogP contribution in [0.5, 0.6) is 0 Å². The lowest BCUT2D eigenvalue weighted by Crippen LogP contribution is -2.29. The number of fused-ring (bicyclic) bond motifs is 1. The van der Waals surface area contributed by atoms with Gasteiger partial charge in [0.1, 0.15) is 0 Å². The summed E-state index contributed by atoms with van der Waals surface area (Å²) in [6.45, 7) is 4.99. The Labute approximate surface area is 165 Å². The lowest BCUT2D eigenvalue weighted by Gasteiger charge is -2.28. The van der Waals surface area contributed by atoms with Crippen molar-refractivity contribution in [2.75, 3.05) is 18.0 Å². The highest BCUT2D eigenvalue weighted by Crippen LogP contribution is 2.38. The Morgan fingerprint density at radius 1 is 1.07 bits per heavy atom. The van der Waals surface area contributed by atoms with E-state index in [-0.39, 0.29) is 5.91 Å². The van der Waals surface area contributed by atoms with Crippen LogP contribution in [0.1, 0.15) is 57.8 Å². The minimum atomic E-state index is 0.0625. The zero-order valence-electron chi connectivity index (χ0n) is 15.7. The third kappa shape index (κ3) is 3.76. The fourth-order valence-corrected chi connectivity index (χ4v) is 5.37. The highest BCUT2D eigenvalue weighted by molar-refractivity contribution is 7.14. The van der Waals surface area contributed by atoms with Crippen LogP contribution in [-0.2, 0) is 19.6 Å². The molecule has 0 spiro atoms. The Bertz CT molecular complexity index is 795. The Kier molecular flexibility index (Phi) is 4.66. The van der Waals surface area contributed by atoms with Crippen molar-refractivity contribution in [1.29, 1.82) is 0 Å². The first-order valence-corrected chi connectivity index (χ1v) is 11.1. The molecule has 2 aromatic rings. The Morgan fingerprint density at radius 3 is 2.56 bits per heavy atom. The maximum atomic E-state index is 12.5. The SMILES string of the molecule is O=C(NCc1ccc(N2CCCCC2)cc1)c1cc2c(s1)CN(C1CC1)C2. The first-order valence-electron chi connectivity index (χ1n) is 10.2. The molecule has 3 aliphatic rings. The molecule has 1 aromatic carbocycles. The molecule has 2 aliphatic heterocycles. The van der Waals surface area contributed by atoms with Crippen LogP contribution in [0.15, 0.2) is 30.3 Å². The second-order valence-electron chi connectivity index (χ2n) is 8.09. The highest BCUT2D eigenvalue weighted by atomic mass is 32.1. The van der Waals surface area contributed by atoms with Crippen molar-refractivity contribution < 1.29 is 4.79 Å². The summed E-state index contributed by atoms with van der Waals surface area (Å²) in [5.41, 5.74) is 3.83. The number of carbonyl (C=O) groups is 1. The molecule has 0 radical (unpaired) electrons. The maximum absolute atomic E-state index is 12.5. The second-order valence-corrected chi connectivity index (χ2v) is 9.23. The second kappa shape index (κ2) is 7.28. The molecule has 142 valence electrons. The standard InChI is InChI=1S/C22H27N3OS/c26-22(20-12-17-14-25(19-8-9-19)15-21(17)27-20)23-13-16-4-6-18(7-5-16)24-10-2-1-3-11-24/h4-7,12,19H,1-3,8-11,13-15H2,(H,23,26). The molecule has 1 aromatic heterocycles. The topological polar surface area (TPSA) is 35.6 Å². The number of nitrogens with one attached hydrogen (secondary N) is 1. The number of nitrogens with zero attached hydrogens (tertiary/aromatic N) is 2. The number of rotatable bonds is 5. The van der Waals surface area contributed by atoms with Gasteiger partial charge < -0.3 is 10.2 Å². The van der Waals surface area contributed by atoms with Gasteiger partial charge in [0.15, 0.2) is 0 Å². The number of carbonyl (C=O) groups excluding carboxylic acids is 1. The first kappa shape index (κ1) is 17.3. The molecule has 1 saturated carbocycles. The molecular weight excluding hydrogens is 354 g/mol. The summed E-state index contributed by atoms with van der Waals surface area (Å²) < 4.78 is 0. The van der Waals surface area contributed by atoms with Crippen LogP contribution >= 0.6 is 11.3 Å². The Balaban J connectivity index is 1.16. The van der Waals surface area contributed by atoms with Crippen LogP contribution in [0.2, 0.25) is 0 Å². The van der Waals surface area contributed by atoms with E-state index in [9.17, 15) is 4.79 Å². The van der Waals surface area contributed by atoms with Crippen LogP contribution in [-0.4, -0.2) is 29.9 Å². The molecule has 1 saturated heterocycles. The van der Waals surface area contributed by atoms with Crippen molar-refractivity contribution in [1.82, 2.24) is 10.2 Å². The predicted molar refractivity (Wildman–Crippen MR) is 110 cm³/mol. The van der Waals surface area contributed by atoms with E-state index in [0.717, 1.165) is 42.7 Å². The van der Waals surface area contributed by atoms with Gasteiger partial charge in [0, 0.05) is 49.3 Å². The minimum absolute atomic E-state index is 0.0625. The van der Waals surface area contributed by atoms with Crippen LogP contribution in [0.4, 0.5) is 5.69 Å². The van der Waals surface area contributed by atoms with Gasteiger partial charge >= 0.3 is 0 Å². The van der Waals surface area contributed by atoms with Crippen LogP contribution in [0.25, 0.3) is 0 Å². The number of anilines is 1. The van der Waals surface area contributed by atoms with Gasteiger partial charge in [-0.25, -0.2) is 0 Å². The van der Waals surface area contributed by atoms with Crippen molar-refractivity contribution in [3.8, 4) is 0 Å².